The third-order valence-electron chi connectivity index (χ3n) is 4.70. The molecule has 2 aromatic heterocycles. The first kappa shape index (κ1) is 20.3. The third kappa shape index (κ3) is 3.87. The van der Waals surface area contributed by atoms with Gasteiger partial charge in [-0.05, 0) is 24.6 Å². The van der Waals surface area contributed by atoms with Gasteiger partial charge in [-0.25, -0.2) is 15.0 Å². The molecule has 0 spiro atoms. The van der Waals surface area contributed by atoms with E-state index in [0.29, 0.717) is 41.0 Å². The standard InChI is InChI=1S/C20H24N6O3S/c1-11-7-12-13(29-10-28-12)8-14(11)30-19-25-15-16(21)23-9-24-17(15)26(19)6-5-22-18(27)20(2,3)4/h7-9H,5-6,10H2,1-4H3,(H,22,27)(H2,21,23,24). The zero-order valence-electron chi connectivity index (χ0n) is 17.4. The average Bonchev–Trinajstić information content (AvgIpc) is 3.26. The Labute approximate surface area is 178 Å². The van der Waals surface area contributed by atoms with Crippen LogP contribution in [-0.4, -0.2) is 38.8 Å². The number of nitrogen functional groups attached to an aromatic ring is 1. The fourth-order valence-corrected chi connectivity index (χ4v) is 4.00. The molecule has 3 heterocycles. The van der Waals surface area contributed by atoms with Crippen molar-refractivity contribution in [2.45, 2.75) is 44.3 Å². The molecule has 3 N–H and O–H groups in total. The third-order valence-corrected chi connectivity index (χ3v) is 5.85. The van der Waals surface area contributed by atoms with Gasteiger partial charge in [0.05, 0.1) is 0 Å². The lowest BCUT2D eigenvalue weighted by Crippen LogP contribution is -2.36. The Balaban J connectivity index is 1.65. The maximum atomic E-state index is 12.2. The monoisotopic (exact) mass is 428 g/mol. The van der Waals surface area contributed by atoms with E-state index >= 15 is 0 Å². The van der Waals surface area contributed by atoms with Crippen molar-refractivity contribution in [3.63, 3.8) is 0 Å². The number of amides is 1. The highest BCUT2D eigenvalue weighted by Crippen LogP contribution is 2.40. The molecule has 0 fully saturated rings. The fraction of sp³-hybridized carbons (Fsp3) is 0.400. The number of anilines is 1. The lowest BCUT2D eigenvalue weighted by molar-refractivity contribution is -0.128. The molecule has 1 aliphatic heterocycles. The van der Waals surface area contributed by atoms with E-state index in [1.54, 1.807) is 0 Å². The first-order chi connectivity index (χ1) is 14.2. The maximum Gasteiger partial charge on any atom is 0.231 e. The molecule has 10 heteroatoms. The minimum atomic E-state index is -0.454. The molecule has 158 valence electrons. The van der Waals surface area contributed by atoms with Crippen molar-refractivity contribution in [2.75, 3.05) is 19.1 Å². The number of ether oxygens (including phenoxy) is 2. The Morgan fingerprint density at radius 1 is 1.27 bits per heavy atom. The van der Waals surface area contributed by atoms with E-state index in [0.717, 1.165) is 16.2 Å². The van der Waals surface area contributed by atoms with Crippen LogP contribution in [0.4, 0.5) is 5.82 Å². The van der Waals surface area contributed by atoms with Crippen LogP contribution in [0.5, 0.6) is 11.5 Å². The number of fused-ring (bicyclic) bond motifs is 2. The normalized spacial score (nSPS) is 13.1. The van der Waals surface area contributed by atoms with Gasteiger partial charge in [0.1, 0.15) is 6.33 Å². The number of nitrogens with two attached hydrogens (primary N) is 1. The minimum Gasteiger partial charge on any atom is -0.454 e. The van der Waals surface area contributed by atoms with Gasteiger partial charge in [0, 0.05) is 23.4 Å². The van der Waals surface area contributed by atoms with Crippen LogP contribution < -0.4 is 20.5 Å². The summed E-state index contributed by atoms with van der Waals surface area (Å²) in [7, 11) is 0. The van der Waals surface area contributed by atoms with Crippen molar-refractivity contribution in [1.29, 1.82) is 0 Å². The van der Waals surface area contributed by atoms with E-state index < -0.39 is 5.41 Å². The lowest BCUT2D eigenvalue weighted by Gasteiger charge is -2.18. The van der Waals surface area contributed by atoms with Crippen LogP contribution in [0.1, 0.15) is 26.3 Å². The number of imidazole rings is 1. The number of rotatable bonds is 5. The van der Waals surface area contributed by atoms with Crippen molar-refractivity contribution in [3.8, 4) is 11.5 Å². The molecule has 0 bridgehead atoms. The summed E-state index contributed by atoms with van der Waals surface area (Å²) in [6, 6.07) is 3.90. The summed E-state index contributed by atoms with van der Waals surface area (Å²) in [5.41, 5.74) is 7.79. The molecular weight excluding hydrogens is 404 g/mol. The summed E-state index contributed by atoms with van der Waals surface area (Å²) in [5.74, 6) is 1.76. The van der Waals surface area contributed by atoms with E-state index in [4.69, 9.17) is 15.2 Å². The number of nitrogens with zero attached hydrogens (tertiary/aromatic N) is 4. The van der Waals surface area contributed by atoms with Gasteiger partial charge >= 0.3 is 0 Å². The Kier molecular flexibility index (Phi) is 5.19. The van der Waals surface area contributed by atoms with Gasteiger partial charge < -0.3 is 25.1 Å². The molecular formula is C20H24N6O3S. The molecule has 0 radical (unpaired) electrons. The topological polar surface area (TPSA) is 117 Å². The van der Waals surface area contributed by atoms with E-state index in [2.05, 4.69) is 20.3 Å². The predicted molar refractivity (Wildman–Crippen MR) is 114 cm³/mol. The van der Waals surface area contributed by atoms with Crippen LogP contribution in [-0.2, 0) is 11.3 Å². The zero-order chi connectivity index (χ0) is 21.5. The van der Waals surface area contributed by atoms with E-state index in [1.807, 2.05) is 44.4 Å². The maximum absolute atomic E-state index is 12.2. The van der Waals surface area contributed by atoms with Gasteiger partial charge in [-0.1, -0.05) is 32.5 Å². The molecule has 4 rings (SSSR count). The largest absolute Gasteiger partial charge is 0.454 e. The highest BCUT2D eigenvalue weighted by molar-refractivity contribution is 7.99. The van der Waals surface area contributed by atoms with Crippen molar-refractivity contribution < 1.29 is 14.3 Å². The average molecular weight is 429 g/mol. The molecule has 9 nitrogen and oxygen atoms in total. The second kappa shape index (κ2) is 7.67. The smallest absolute Gasteiger partial charge is 0.231 e. The summed E-state index contributed by atoms with van der Waals surface area (Å²) in [6.45, 7) is 8.82. The molecule has 30 heavy (non-hydrogen) atoms. The second-order valence-corrected chi connectivity index (χ2v) is 9.07. The molecule has 0 saturated carbocycles. The number of carbonyl (C=O) groups is 1. The van der Waals surface area contributed by atoms with Gasteiger partial charge in [0.25, 0.3) is 0 Å². The molecule has 1 aliphatic rings. The quantitative estimate of drug-likeness (QED) is 0.637. The van der Waals surface area contributed by atoms with Crippen LogP contribution >= 0.6 is 11.8 Å². The number of aryl methyl sites for hydroxylation is 1. The van der Waals surface area contributed by atoms with Crippen molar-refractivity contribution in [1.82, 2.24) is 24.8 Å². The number of aromatic nitrogens is 4. The van der Waals surface area contributed by atoms with Crippen molar-refractivity contribution in [3.05, 3.63) is 24.0 Å². The van der Waals surface area contributed by atoms with E-state index in [1.165, 1.54) is 18.1 Å². The Bertz CT molecular complexity index is 1120. The zero-order valence-corrected chi connectivity index (χ0v) is 18.2. The van der Waals surface area contributed by atoms with Gasteiger partial charge in [-0.2, -0.15) is 0 Å². The first-order valence-corrected chi connectivity index (χ1v) is 10.4. The number of hydrogen-bond donors (Lipinski definition) is 2. The van der Waals surface area contributed by atoms with Gasteiger partial charge in [0.15, 0.2) is 33.6 Å². The van der Waals surface area contributed by atoms with E-state index in [-0.39, 0.29) is 12.7 Å². The Hall–Kier alpha value is -3.01. The molecule has 0 atom stereocenters. The second-order valence-electron chi connectivity index (χ2n) is 8.06. The highest BCUT2D eigenvalue weighted by Gasteiger charge is 2.22. The number of nitrogens with one attached hydrogen (secondary N) is 1. The number of hydrogen-bond acceptors (Lipinski definition) is 8. The summed E-state index contributed by atoms with van der Waals surface area (Å²) in [5, 5.41) is 3.68. The molecule has 0 unspecified atom stereocenters. The van der Waals surface area contributed by atoms with Crippen LogP contribution in [0.2, 0.25) is 0 Å². The molecule has 1 aromatic carbocycles. The van der Waals surface area contributed by atoms with Gasteiger partial charge in [-0.15, -0.1) is 0 Å². The van der Waals surface area contributed by atoms with Crippen LogP contribution in [0, 0.1) is 12.3 Å². The molecule has 3 aromatic rings. The highest BCUT2D eigenvalue weighted by atomic mass is 32.2. The Morgan fingerprint density at radius 3 is 2.73 bits per heavy atom. The summed E-state index contributed by atoms with van der Waals surface area (Å²) in [4.78, 5) is 26.3. The fourth-order valence-electron chi connectivity index (χ4n) is 2.99. The predicted octanol–water partition coefficient (Wildman–Crippen LogP) is 2.76. The van der Waals surface area contributed by atoms with Crippen molar-refractivity contribution >= 4 is 34.7 Å². The lowest BCUT2D eigenvalue weighted by atomic mass is 9.96. The van der Waals surface area contributed by atoms with E-state index in [9.17, 15) is 4.79 Å². The summed E-state index contributed by atoms with van der Waals surface area (Å²) >= 11 is 1.49. The van der Waals surface area contributed by atoms with Crippen LogP contribution in [0.15, 0.2) is 28.5 Å². The SMILES string of the molecule is Cc1cc2c(cc1Sc1nc3c(N)ncnc3n1CCNC(=O)C(C)(C)C)OCO2. The summed E-state index contributed by atoms with van der Waals surface area (Å²) in [6.07, 6.45) is 1.42. The van der Waals surface area contributed by atoms with Crippen LogP contribution in [0.3, 0.4) is 0 Å². The number of carbonyl (C=O) groups excluding carboxylic acids is 1. The summed E-state index contributed by atoms with van der Waals surface area (Å²) < 4.78 is 12.9. The minimum absolute atomic E-state index is 0.0121. The van der Waals surface area contributed by atoms with Gasteiger partial charge in [0.2, 0.25) is 12.7 Å². The number of benzene rings is 1. The first-order valence-electron chi connectivity index (χ1n) is 9.57. The molecule has 0 aliphatic carbocycles. The molecule has 0 saturated heterocycles. The van der Waals surface area contributed by atoms with Gasteiger partial charge in [-0.3, -0.25) is 4.79 Å². The van der Waals surface area contributed by atoms with Crippen molar-refractivity contribution in [2.24, 2.45) is 5.41 Å². The molecule has 1 amide bonds. The van der Waals surface area contributed by atoms with Crippen LogP contribution in [0.25, 0.3) is 11.2 Å². The Morgan fingerprint density at radius 2 is 2.00 bits per heavy atom.